The summed E-state index contributed by atoms with van der Waals surface area (Å²) in [4.78, 5) is 27.2. The molecule has 4 aromatic rings. The molecule has 144 valence electrons. The molecule has 29 heavy (non-hydrogen) atoms. The summed E-state index contributed by atoms with van der Waals surface area (Å²) in [5.74, 6) is -0.705. The first-order valence-electron chi connectivity index (χ1n) is 9.42. The summed E-state index contributed by atoms with van der Waals surface area (Å²) in [5, 5.41) is 4.17. The number of hydrogen-bond donors (Lipinski definition) is 3. The van der Waals surface area contributed by atoms with Crippen molar-refractivity contribution in [1.29, 1.82) is 0 Å². The maximum absolute atomic E-state index is 12.7. The van der Waals surface area contributed by atoms with E-state index in [4.69, 9.17) is 5.73 Å². The molecule has 0 aliphatic heterocycles. The Hall–Kier alpha value is -3.86. The van der Waals surface area contributed by atoms with E-state index in [1.807, 2.05) is 42.6 Å². The van der Waals surface area contributed by atoms with Crippen LogP contribution in [0.5, 0.6) is 0 Å². The number of fused-ring (bicyclic) bond motifs is 1. The Labute approximate surface area is 168 Å². The van der Waals surface area contributed by atoms with E-state index in [1.54, 1.807) is 24.3 Å². The zero-order valence-corrected chi connectivity index (χ0v) is 15.8. The Bertz CT molecular complexity index is 1150. The number of aromatic amines is 1. The molecule has 1 atom stereocenters. The van der Waals surface area contributed by atoms with Gasteiger partial charge in [0.25, 0.3) is 5.91 Å². The van der Waals surface area contributed by atoms with E-state index >= 15 is 0 Å². The van der Waals surface area contributed by atoms with Crippen molar-refractivity contribution in [1.82, 2.24) is 10.3 Å². The second-order valence-electron chi connectivity index (χ2n) is 6.90. The quantitative estimate of drug-likeness (QED) is 0.472. The molecule has 2 amide bonds. The van der Waals surface area contributed by atoms with Gasteiger partial charge in [-0.05, 0) is 41.5 Å². The van der Waals surface area contributed by atoms with E-state index in [9.17, 15) is 9.59 Å². The second kappa shape index (κ2) is 8.02. The van der Waals surface area contributed by atoms with Gasteiger partial charge in [-0.1, -0.05) is 48.5 Å². The zero-order valence-electron chi connectivity index (χ0n) is 15.8. The molecule has 4 rings (SSSR count). The van der Waals surface area contributed by atoms with Gasteiger partial charge in [-0.2, -0.15) is 0 Å². The van der Waals surface area contributed by atoms with Crippen LogP contribution in [0.15, 0.2) is 85.1 Å². The van der Waals surface area contributed by atoms with Crippen LogP contribution in [0.3, 0.4) is 0 Å². The molecule has 5 nitrogen and oxygen atoms in total. The number of hydrogen-bond acceptors (Lipinski definition) is 2. The van der Waals surface area contributed by atoms with Crippen molar-refractivity contribution in [3.05, 3.63) is 107 Å². The third kappa shape index (κ3) is 3.89. The standard InChI is InChI=1S/C24H21N3O2/c25-23(28)17-10-12-18(13-11-17)24(29)27-14-20(16-6-2-1-3-7-16)21-15-26-22-9-5-4-8-19(21)22/h1-13,15,20,26H,14H2,(H2,25,28)(H,27,29). The molecule has 1 heterocycles. The van der Waals surface area contributed by atoms with Crippen LogP contribution in [-0.4, -0.2) is 23.3 Å². The van der Waals surface area contributed by atoms with Crippen LogP contribution in [0, 0.1) is 0 Å². The van der Waals surface area contributed by atoms with Gasteiger partial charge in [0, 0.05) is 40.7 Å². The first-order chi connectivity index (χ1) is 14.1. The molecule has 1 unspecified atom stereocenters. The van der Waals surface area contributed by atoms with Crippen molar-refractivity contribution in [2.75, 3.05) is 6.54 Å². The third-order valence-electron chi connectivity index (χ3n) is 5.10. The number of H-pyrrole nitrogens is 1. The summed E-state index contributed by atoms with van der Waals surface area (Å²) in [5.41, 5.74) is 9.45. The Kier molecular flexibility index (Phi) is 5.12. The minimum Gasteiger partial charge on any atom is -0.366 e. The lowest BCUT2D eigenvalue weighted by Gasteiger charge is -2.18. The number of primary amides is 1. The number of nitrogens with two attached hydrogens (primary N) is 1. The molecule has 0 spiro atoms. The average Bonchev–Trinajstić information content (AvgIpc) is 3.19. The topological polar surface area (TPSA) is 88.0 Å². The second-order valence-corrected chi connectivity index (χ2v) is 6.90. The molecule has 0 aliphatic carbocycles. The predicted octanol–water partition coefficient (Wildman–Crippen LogP) is 3.83. The number of carbonyl (C=O) groups is 2. The van der Waals surface area contributed by atoms with Crippen molar-refractivity contribution < 1.29 is 9.59 Å². The van der Waals surface area contributed by atoms with Gasteiger partial charge in [0.1, 0.15) is 0 Å². The fraction of sp³-hybridized carbons (Fsp3) is 0.0833. The number of carbonyl (C=O) groups excluding carboxylic acids is 2. The highest BCUT2D eigenvalue weighted by Gasteiger charge is 2.19. The van der Waals surface area contributed by atoms with E-state index in [0.717, 1.165) is 22.0 Å². The first kappa shape index (κ1) is 18.5. The summed E-state index contributed by atoms with van der Waals surface area (Å²) in [7, 11) is 0. The summed E-state index contributed by atoms with van der Waals surface area (Å²) < 4.78 is 0. The van der Waals surface area contributed by atoms with Crippen LogP contribution in [0.4, 0.5) is 0 Å². The molecule has 5 heteroatoms. The van der Waals surface area contributed by atoms with Gasteiger partial charge in [0.05, 0.1) is 0 Å². The summed E-state index contributed by atoms with van der Waals surface area (Å²) in [6.07, 6.45) is 2.01. The van der Waals surface area contributed by atoms with E-state index in [-0.39, 0.29) is 11.8 Å². The average molecular weight is 383 g/mol. The van der Waals surface area contributed by atoms with Crippen molar-refractivity contribution in [2.45, 2.75) is 5.92 Å². The molecule has 0 aliphatic rings. The molecule has 3 aromatic carbocycles. The highest BCUT2D eigenvalue weighted by Crippen LogP contribution is 2.30. The van der Waals surface area contributed by atoms with Gasteiger partial charge in [-0.15, -0.1) is 0 Å². The van der Waals surface area contributed by atoms with Gasteiger partial charge >= 0.3 is 0 Å². The molecular formula is C24H21N3O2. The van der Waals surface area contributed by atoms with Gasteiger partial charge in [-0.25, -0.2) is 0 Å². The fourth-order valence-electron chi connectivity index (χ4n) is 3.56. The molecule has 1 aromatic heterocycles. The largest absolute Gasteiger partial charge is 0.366 e. The number of para-hydroxylation sites is 1. The maximum atomic E-state index is 12.7. The van der Waals surface area contributed by atoms with E-state index in [0.29, 0.717) is 17.7 Å². The molecule has 0 bridgehead atoms. The van der Waals surface area contributed by atoms with Crippen LogP contribution < -0.4 is 11.1 Å². The monoisotopic (exact) mass is 383 g/mol. The summed E-state index contributed by atoms with van der Waals surface area (Å²) >= 11 is 0. The summed E-state index contributed by atoms with van der Waals surface area (Å²) in [6, 6.07) is 24.6. The molecule has 0 saturated carbocycles. The third-order valence-corrected chi connectivity index (χ3v) is 5.10. The van der Waals surface area contributed by atoms with Crippen LogP contribution in [0.1, 0.15) is 37.8 Å². The minimum absolute atomic E-state index is 0.00110. The van der Waals surface area contributed by atoms with Gasteiger partial charge < -0.3 is 16.0 Å². The van der Waals surface area contributed by atoms with Gasteiger partial charge in [-0.3, -0.25) is 9.59 Å². The maximum Gasteiger partial charge on any atom is 0.251 e. The zero-order chi connectivity index (χ0) is 20.2. The van der Waals surface area contributed by atoms with Crippen LogP contribution >= 0.6 is 0 Å². The van der Waals surface area contributed by atoms with Crippen molar-refractivity contribution in [3.63, 3.8) is 0 Å². The lowest BCUT2D eigenvalue weighted by molar-refractivity contribution is 0.0949. The molecule has 0 radical (unpaired) electrons. The SMILES string of the molecule is NC(=O)c1ccc(C(=O)NCC(c2ccccc2)c2c[nH]c3ccccc23)cc1. The van der Waals surface area contributed by atoms with Crippen LogP contribution in [0.25, 0.3) is 10.9 Å². The number of rotatable bonds is 6. The Morgan fingerprint density at radius 3 is 2.24 bits per heavy atom. The minimum atomic E-state index is -0.513. The van der Waals surface area contributed by atoms with Crippen LogP contribution in [0.2, 0.25) is 0 Å². The molecule has 0 fully saturated rings. The lowest BCUT2D eigenvalue weighted by Crippen LogP contribution is -2.29. The Morgan fingerprint density at radius 1 is 0.862 bits per heavy atom. The smallest absolute Gasteiger partial charge is 0.251 e. The number of benzene rings is 3. The number of amides is 2. The highest BCUT2D eigenvalue weighted by molar-refractivity contribution is 5.97. The molecule has 4 N–H and O–H groups in total. The number of nitrogens with one attached hydrogen (secondary N) is 2. The van der Waals surface area contributed by atoms with Gasteiger partial charge in [0.15, 0.2) is 0 Å². The predicted molar refractivity (Wildman–Crippen MR) is 114 cm³/mol. The van der Waals surface area contributed by atoms with E-state index in [1.165, 1.54) is 0 Å². The van der Waals surface area contributed by atoms with E-state index in [2.05, 4.69) is 28.5 Å². The fourth-order valence-corrected chi connectivity index (χ4v) is 3.56. The van der Waals surface area contributed by atoms with Crippen molar-refractivity contribution in [3.8, 4) is 0 Å². The van der Waals surface area contributed by atoms with Crippen LogP contribution in [-0.2, 0) is 0 Å². The first-order valence-corrected chi connectivity index (χ1v) is 9.42. The number of aromatic nitrogens is 1. The molecule has 0 saturated heterocycles. The summed E-state index contributed by atoms with van der Waals surface area (Å²) in [6.45, 7) is 0.447. The highest BCUT2D eigenvalue weighted by atomic mass is 16.2. The van der Waals surface area contributed by atoms with Gasteiger partial charge in [0.2, 0.25) is 5.91 Å². The van der Waals surface area contributed by atoms with E-state index < -0.39 is 5.91 Å². The molecular weight excluding hydrogens is 362 g/mol. The Balaban J connectivity index is 1.59. The lowest BCUT2D eigenvalue weighted by atomic mass is 9.91. The normalized spacial score (nSPS) is 11.9. The van der Waals surface area contributed by atoms with Crippen molar-refractivity contribution >= 4 is 22.7 Å². The Morgan fingerprint density at radius 2 is 1.52 bits per heavy atom. The van der Waals surface area contributed by atoms with Crippen molar-refractivity contribution in [2.24, 2.45) is 5.73 Å².